The number of aromatic nitrogens is 2. The Hall–Kier alpha value is -3.37. The molecule has 5 heteroatoms. The van der Waals surface area contributed by atoms with Gasteiger partial charge in [0.25, 0.3) is 0 Å². The molecule has 1 aliphatic rings. The van der Waals surface area contributed by atoms with Gasteiger partial charge in [0.1, 0.15) is 5.58 Å². The summed E-state index contributed by atoms with van der Waals surface area (Å²) in [5.41, 5.74) is 8.43. The average molecular weight is 717 g/mol. The van der Waals surface area contributed by atoms with Crippen LogP contribution >= 0.6 is 0 Å². The van der Waals surface area contributed by atoms with Crippen LogP contribution in [0.25, 0.3) is 44.5 Å². The third kappa shape index (κ3) is 5.88. The van der Waals surface area contributed by atoms with Crippen LogP contribution in [0.15, 0.2) is 95.7 Å². The molecule has 40 heavy (non-hydrogen) atoms. The molecular formula is C35H32IrN2OSi-2. The first kappa shape index (κ1) is 28.2. The Labute approximate surface area is 251 Å². The van der Waals surface area contributed by atoms with Crippen LogP contribution in [0, 0.1) is 19.1 Å². The largest absolute Gasteiger partial charge is 0.501 e. The molecule has 0 unspecified atom stereocenters. The molecule has 1 fully saturated rings. The monoisotopic (exact) mass is 717 g/mol. The SMILES string of the molecule is C[Si](C)(C)c1c[c-]c(-c2cc(C3CC3)ccn2)c2oc3ccccc3c12.Cc1ccc(-c2[c-]cccc2)nc1.[Ir]. The Morgan fingerprint density at radius 3 is 2.38 bits per heavy atom. The number of fused-ring (bicyclic) bond motifs is 3. The number of hydrogen-bond acceptors (Lipinski definition) is 3. The molecule has 3 aromatic carbocycles. The van der Waals surface area contributed by atoms with E-state index in [9.17, 15) is 0 Å². The zero-order valence-electron chi connectivity index (χ0n) is 23.3. The summed E-state index contributed by atoms with van der Waals surface area (Å²) >= 11 is 0. The minimum Gasteiger partial charge on any atom is -0.501 e. The Morgan fingerprint density at radius 1 is 0.875 bits per heavy atom. The third-order valence-corrected chi connectivity index (χ3v) is 9.26. The van der Waals surface area contributed by atoms with E-state index in [0.29, 0.717) is 5.92 Å². The summed E-state index contributed by atoms with van der Waals surface area (Å²) in [6, 6.07) is 33.5. The Balaban J connectivity index is 0.000000195. The maximum atomic E-state index is 6.34. The van der Waals surface area contributed by atoms with Gasteiger partial charge in [-0.05, 0) is 54.8 Å². The molecule has 1 radical (unpaired) electrons. The molecule has 6 aromatic rings. The fraction of sp³-hybridized carbons (Fsp3) is 0.200. The van der Waals surface area contributed by atoms with Crippen LogP contribution in [0.5, 0.6) is 0 Å². The molecule has 0 aliphatic heterocycles. The van der Waals surface area contributed by atoms with Crippen molar-refractivity contribution in [2.45, 2.75) is 45.3 Å². The fourth-order valence-electron chi connectivity index (χ4n) is 4.99. The van der Waals surface area contributed by atoms with Crippen molar-refractivity contribution in [1.29, 1.82) is 0 Å². The molecule has 3 aromatic heterocycles. The van der Waals surface area contributed by atoms with Gasteiger partial charge in [0, 0.05) is 46.0 Å². The van der Waals surface area contributed by atoms with E-state index in [1.54, 1.807) is 0 Å². The molecule has 0 spiro atoms. The van der Waals surface area contributed by atoms with Crippen molar-refractivity contribution < 1.29 is 24.5 Å². The van der Waals surface area contributed by atoms with E-state index in [-0.39, 0.29) is 20.1 Å². The van der Waals surface area contributed by atoms with E-state index in [1.807, 2.05) is 55.7 Å². The molecule has 7 rings (SSSR count). The van der Waals surface area contributed by atoms with Crippen LogP contribution in [-0.2, 0) is 20.1 Å². The van der Waals surface area contributed by atoms with Gasteiger partial charge in [-0.1, -0.05) is 72.6 Å². The average Bonchev–Trinajstić information content (AvgIpc) is 3.73. The predicted octanol–water partition coefficient (Wildman–Crippen LogP) is 8.73. The first-order chi connectivity index (χ1) is 18.9. The van der Waals surface area contributed by atoms with Crippen molar-refractivity contribution in [3.05, 3.63) is 115 Å². The normalized spacial score (nSPS) is 13.0. The fourth-order valence-corrected chi connectivity index (χ4v) is 6.49. The molecule has 203 valence electrons. The van der Waals surface area contributed by atoms with E-state index >= 15 is 0 Å². The van der Waals surface area contributed by atoms with E-state index in [1.165, 1.54) is 39.9 Å². The number of aryl methyl sites for hydroxylation is 1. The van der Waals surface area contributed by atoms with Crippen LogP contribution in [0.4, 0.5) is 0 Å². The van der Waals surface area contributed by atoms with Gasteiger partial charge >= 0.3 is 0 Å². The molecule has 3 heterocycles. The minimum atomic E-state index is -1.53. The molecule has 0 atom stereocenters. The van der Waals surface area contributed by atoms with Crippen molar-refractivity contribution >= 4 is 35.2 Å². The van der Waals surface area contributed by atoms with Crippen molar-refractivity contribution in [2.75, 3.05) is 0 Å². The summed E-state index contributed by atoms with van der Waals surface area (Å²) in [5.74, 6) is 0.712. The van der Waals surface area contributed by atoms with Gasteiger partial charge in [-0.25, -0.2) is 0 Å². The third-order valence-electron chi connectivity index (χ3n) is 7.25. The molecule has 0 N–H and O–H groups in total. The maximum Gasteiger partial charge on any atom is 0.120 e. The number of nitrogens with zero attached hydrogens (tertiary/aromatic N) is 2. The maximum absolute atomic E-state index is 6.34. The Bertz CT molecular complexity index is 1750. The standard InChI is InChI=1S/C23H22NOSi.C12H10N.Ir/c1-26(2,3)21-11-10-17(19-14-16(12-13-24-19)15-8-9-15)23-22(21)18-6-4-5-7-20(18)25-23;1-10-7-8-12(13-9-10)11-5-3-2-4-6-11;/h4-7,11-15H,8-9H2,1-3H3;2-5,7-9H,1H3;/q2*-1;. The molecule has 1 saturated carbocycles. The molecule has 0 bridgehead atoms. The summed E-state index contributed by atoms with van der Waals surface area (Å²) in [6.45, 7) is 9.17. The smallest absolute Gasteiger partial charge is 0.120 e. The summed E-state index contributed by atoms with van der Waals surface area (Å²) in [4.78, 5) is 8.97. The molecule has 1 aliphatic carbocycles. The van der Waals surface area contributed by atoms with Crippen LogP contribution in [0.3, 0.4) is 0 Å². The van der Waals surface area contributed by atoms with Gasteiger partial charge in [0.15, 0.2) is 0 Å². The molecule has 0 saturated heterocycles. The Morgan fingerprint density at radius 2 is 1.68 bits per heavy atom. The van der Waals surface area contributed by atoms with Gasteiger partial charge in [-0.2, -0.15) is 0 Å². The zero-order chi connectivity index (χ0) is 27.0. The summed E-state index contributed by atoms with van der Waals surface area (Å²) < 4.78 is 6.34. The summed E-state index contributed by atoms with van der Waals surface area (Å²) in [7, 11) is -1.53. The first-order valence-corrected chi connectivity index (χ1v) is 17.1. The van der Waals surface area contributed by atoms with Crippen molar-refractivity contribution in [1.82, 2.24) is 9.97 Å². The van der Waals surface area contributed by atoms with Gasteiger partial charge in [0.2, 0.25) is 0 Å². The van der Waals surface area contributed by atoms with Gasteiger partial charge in [0.05, 0.1) is 5.58 Å². The van der Waals surface area contributed by atoms with Crippen LogP contribution in [0.2, 0.25) is 19.6 Å². The van der Waals surface area contributed by atoms with Gasteiger partial charge in [-0.3, -0.25) is 0 Å². The van der Waals surface area contributed by atoms with Gasteiger partial charge < -0.3 is 14.4 Å². The van der Waals surface area contributed by atoms with Crippen molar-refractivity contribution in [3.8, 4) is 22.5 Å². The molecule has 0 amide bonds. The number of furan rings is 1. The van der Waals surface area contributed by atoms with Crippen LogP contribution < -0.4 is 5.19 Å². The Kier molecular flexibility index (Phi) is 8.18. The molecular weight excluding hydrogens is 685 g/mol. The predicted molar refractivity (Wildman–Crippen MR) is 164 cm³/mol. The first-order valence-electron chi connectivity index (χ1n) is 13.6. The second kappa shape index (κ2) is 11.6. The van der Waals surface area contributed by atoms with Crippen molar-refractivity contribution in [2.24, 2.45) is 0 Å². The number of para-hydroxylation sites is 1. The minimum absolute atomic E-state index is 0. The topological polar surface area (TPSA) is 38.9 Å². The number of rotatable bonds is 4. The summed E-state index contributed by atoms with van der Waals surface area (Å²) in [6.07, 6.45) is 6.39. The second-order valence-corrected chi connectivity index (χ2v) is 16.4. The number of benzene rings is 3. The number of pyridine rings is 2. The quantitative estimate of drug-likeness (QED) is 0.135. The van der Waals surface area contributed by atoms with E-state index in [0.717, 1.165) is 33.7 Å². The molecule has 3 nitrogen and oxygen atoms in total. The zero-order valence-corrected chi connectivity index (χ0v) is 26.7. The van der Waals surface area contributed by atoms with E-state index in [2.05, 4.69) is 84.2 Å². The summed E-state index contributed by atoms with van der Waals surface area (Å²) in [5, 5.41) is 3.86. The number of hydrogen-bond donors (Lipinski definition) is 0. The second-order valence-electron chi connectivity index (χ2n) is 11.4. The van der Waals surface area contributed by atoms with Crippen molar-refractivity contribution in [3.63, 3.8) is 0 Å². The van der Waals surface area contributed by atoms with Gasteiger partial charge in [-0.15, -0.1) is 53.2 Å². The van der Waals surface area contributed by atoms with Crippen LogP contribution in [-0.4, -0.2) is 18.0 Å². The van der Waals surface area contributed by atoms with Crippen LogP contribution in [0.1, 0.15) is 29.9 Å². The van der Waals surface area contributed by atoms with E-state index < -0.39 is 8.07 Å². The van der Waals surface area contributed by atoms with E-state index in [4.69, 9.17) is 4.42 Å².